The Morgan fingerprint density at radius 2 is 1.75 bits per heavy atom. The fourth-order valence-corrected chi connectivity index (χ4v) is 3.12. The van der Waals surface area contributed by atoms with Gasteiger partial charge in [-0.05, 0) is 23.8 Å². The molecule has 0 aliphatic carbocycles. The molecule has 0 spiro atoms. The van der Waals surface area contributed by atoms with Crippen molar-refractivity contribution in [2.24, 2.45) is 0 Å². The van der Waals surface area contributed by atoms with Crippen molar-refractivity contribution >= 4 is 21.6 Å². The van der Waals surface area contributed by atoms with E-state index in [1.165, 1.54) is 20.2 Å². The molecule has 0 bridgehead atoms. The first-order valence-electron chi connectivity index (χ1n) is 8.13. The third-order valence-corrected chi connectivity index (χ3v) is 5.19. The molecule has 2 aromatic carbocycles. The van der Waals surface area contributed by atoms with Crippen LogP contribution in [-0.4, -0.2) is 45.6 Å². The molecule has 0 saturated heterocycles. The van der Waals surface area contributed by atoms with Gasteiger partial charge < -0.3 is 15.0 Å². The highest BCUT2D eigenvalue weighted by Crippen LogP contribution is 2.37. The molecule has 0 atom stereocenters. The highest BCUT2D eigenvalue weighted by molar-refractivity contribution is 7.92. The Hall–Kier alpha value is -2.75. The lowest BCUT2D eigenvalue weighted by Gasteiger charge is -2.17. The number of rotatable bonds is 6. The van der Waals surface area contributed by atoms with Crippen LogP contribution in [0.3, 0.4) is 0 Å². The molecule has 0 heterocycles. The van der Waals surface area contributed by atoms with Crippen molar-refractivity contribution < 1.29 is 31.1 Å². The van der Waals surface area contributed by atoms with Crippen LogP contribution in [0.2, 0.25) is 0 Å². The number of nitrogens with zero attached hydrogens (tertiary/aromatic N) is 1. The third-order valence-electron chi connectivity index (χ3n) is 3.69. The van der Waals surface area contributed by atoms with Crippen LogP contribution in [0, 0.1) is 0 Å². The zero-order chi connectivity index (χ0) is 20.9. The average molecular weight is 416 g/mol. The molecular formula is C18H19F3N2O4S. The van der Waals surface area contributed by atoms with Crippen molar-refractivity contribution in [2.45, 2.75) is 16.8 Å². The third kappa shape index (κ3) is 5.16. The first-order chi connectivity index (χ1) is 13.0. The largest absolute Gasteiger partial charge is 0.502 e. The second kappa shape index (κ2) is 8.51. The second-order valence-electron chi connectivity index (χ2n) is 6.02. The van der Waals surface area contributed by atoms with Gasteiger partial charge in [0, 0.05) is 26.2 Å². The molecule has 2 amide bonds. The summed E-state index contributed by atoms with van der Waals surface area (Å²) in [5.41, 5.74) is -4.72. The Morgan fingerprint density at radius 1 is 1.11 bits per heavy atom. The molecule has 0 aliphatic rings. The lowest BCUT2D eigenvalue weighted by Crippen LogP contribution is -2.28. The molecule has 0 unspecified atom stereocenters. The van der Waals surface area contributed by atoms with Crippen LogP contribution in [0.1, 0.15) is 5.56 Å². The van der Waals surface area contributed by atoms with Gasteiger partial charge in [-0.15, -0.1) is 0 Å². The molecule has 0 radical (unpaired) electrons. The number of ether oxygens (including phenoxy) is 1. The topological polar surface area (TPSA) is 75.7 Å². The Bertz CT molecular complexity index is 930. The number of urea groups is 1. The van der Waals surface area contributed by atoms with Crippen molar-refractivity contribution in [3.8, 4) is 5.75 Å². The van der Waals surface area contributed by atoms with E-state index in [0.717, 1.165) is 22.6 Å². The molecule has 0 aromatic heterocycles. The number of carbonyl (C=O) groups is 1. The Balaban J connectivity index is 2.31. The minimum Gasteiger partial charge on any atom is -0.492 e. The number of nitrogens with one attached hydrogen (secondary N) is 1. The normalized spacial score (nSPS) is 11.8. The van der Waals surface area contributed by atoms with Crippen LogP contribution in [-0.2, 0) is 16.3 Å². The highest BCUT2D eigenvalue weighted by atomic mass is 32.2. The van der Waals surface area contributed by atoms with Crippen LogP contribution >= 0.6 is 0 Å². The van der Waals surface area contributed by atoms with Crippen molar-refractivity contribution in [3.05, 3.63) is 54.1 Å². The van der Waals surface area contributed by atoms with Gasteiger partial charge in [-0.1, -0.05) is 30.3 Å². The quantitative estimate of drug-likeness (QED) is 0.779. The van der Waals surface area contributed by atoms with Gasteiger partial charge in [0.1, 0.15) is 10.6 Å². The average Bonchev–Trinajstić information content (AvgIpc) is 2.62. The Morgan fingerprint density at radius 3 is 2.32 bits per heavy atom. The maximum Gasteiger partial charge on any atom is 0.502 e. The van der Waals surface area contributed by atoms with Gasteiger partial charge >= 0.3 is 11.5 Å². The predicted octanol–water partition coefficient (Wildman–Crippen LogP) is 3.70. The number of amides is 2. The van der Waals surface area contributed by atoms with E-state index >= 15 is 0 Å². The monoisotopic (exact) mass is 416 g/mol. The summed E-state index contributed by atoms with van der Waals surface area (Å²) in [5.74, 6) is -0.434. The number of hydrogen-bond donors (Lipinski definition) is 1. The summed E-state index contributed by atoms with van der Waals surface area (Å²) < 4.78 is 68.4. The van der Waals surface area contributed by atoms with Crippen molar-refractivity contribution in [3.63, 3.8) is 0 Å². The highest BCUT2D eigenvalue weighted by Gasteiger charge is 2.48. The number of hydrogen-bond acceptors (Lipinski definition) is 4. The summed E-state index contributed by atoms with van der Waals surface area (Å²) in [4.78, 5) is 11.8. The number of benzene rings is 2. The molecule has 2 rings (SSSR count). The van der Waals surface area contributed by atoms with E-state index in [9.17, 15) is 26.4 Å². The number of sulfone groups is 1. The zero-order valence-corrected chi connectivity index (χ0v) is 16.0. The minimum atomic E-state index is -5.67. The van der Waals surface area contributed by atoms with E-state index in [1.807, 2.05) is 18.2 Å². The zero-order valence-electron chi connectivity index (χ0n) is 15.2. The van der Waals surface area contributed by atoms with Gasteiger partial charge in [0.05, 0.1) is 6.61 Å². The van der Waals surface area contributed by atoms with Gasteiger partial charge in [-0.25, -0.2) is 13.2 Å². The molecule has 28 heavy (non-hydrogen) atoms. The Kier molecular flexibility index (Phi) is 6.55. The predicted molar refractivity (Wildman–Crippen MR) is 98.0 cm³/mol. The maximum atomic E-state index is 13.1. The van der Waals surface area contributed by atoms with E-state index in [0.29, 0.717) is 6.42 Å². The maximum absolute atomic E-state index is 13.1. The summed E-state index contributed by atoms with van der Waals surface area (Å²) >= 11 is 0. The van der Waals surface area contributed by atoms with Gasteiger partial charge in [-0.3, -0.25) is 0 Å². The molecule has 2 aromatic rings. The van der Waals surface area contributed by atoms with E-state index in [-0.39, 0.29) is 12.3 Å². The molecule has 152 valence electrons. The molecule has 6 nitrogen and oxygen atoms in total. The standard InChI is InChI=1S/C18H19F3N2O4S/c1-23(2)17(24)22-14-8-9-15(16(12-14)28(25,26)18(19,20)21)27-11-10-13-6-4-3-5-7-13/h3-9,12H,10-11H2,1-2H3,(H,22,24). The van der Waals surface area contributed by atoms with E-state index < -0.39 is 32.0 Å². The van der Waals surface area contributed by atoms with Crippen LogP contribution in [0.25, 0.3) is 0 Å². The number of halogens is 3. The molecular weight excluding hydrogens is 397 g/mol. The lowest BCUT2D eigenvalue weighted by atomic mass is 10.2. The summed E-state index contributed by atoms with van der Waals surface area (Å²) in [7, 11) is -2.80. The van der Waals surface area contributed by atoms with Crippen molar-refractivity contribution in [1.82, 2.24) is 4.90 Å². The fraction of sp³-hybridized carbons (Fsp3) is 0.278. The molecule has 0 aliphatic heterocycles. The van der Waals surface area contributed by atoms with Crippen LogP contribution in [0.5, 0.6) is 5.75 Å². The van der Waals surface area contributed by atoms with E-state index in [4.69, 9.17) is 4.74 Å². The van der Waals surface area contributed by atoms with Gasteiger partial charge in [0.2, 0.25) is 0 Å². The van der Waals surface area contributed by atoms with E-state index in [2.05, 4.69) is 5.32 Å². The number of anilines is 1. The summed E-state index contributed by atoms with van der Waals surface area (Å²) in [6, 6.07) is 11.5. The summed E-state index contributed by atoms with van der Waals surface area (Å²) in [6.07, 6.45) is 0.380. The summed E-state index contributed by atoms with van der Waals surface area (Å²) in [6.45, 7) is -0.0200. The van der Waals surface area contributed by atoms with Gasteiger partial charge in [0.15, 0.2) is 0 Å². The molecule has 1 N–H and O–H groups in total. The number of alkyl halides is 3. The van der Waals surface area contributed by atoms with Gasteiger partial charge in [0.25, 0.3) is 9.84 Å². The van der Waals surface area contributed by atoms with E-state index in [1.54, 1.807) is 12.1 Å². The molecule has 0 fully saturated rings. The fourth-order valence-electron chi connectivity index (χ4n) is 2.20. The first-order valence-corrected chi connectivity index (χ1v) is 9.61. The van der Waals surface area contributed by atoms with Crippen LogP contribution in [0.4, 0.5) is 23.7 Å². The van der Waals surface area contributed by atoms with Crippen LogP contribution in [0.15, 0.2) is 53.4 Å². The lowest BCUT2D eigenvalue weighted by molar-refractivity contribution is -0.0437. The SMILES string of the molecule is CN(C)C(=O)Nc1ccc(OCCc2ccccc2)c(S(=O)(=O)C(F)(F)F)c1. The first kappa shape index (κ1) is 21.5. The molecule has 0 saturated carbocycles. The second-order valence-corrected chi connectivity index (χ2v) is 7.93. The summed E-state index contributed by atoms with van der Waals surface area (Å²) in [5, 5.41) is 2.31. The van der Waals surface area contributed by atoms with Crippen molar-refractivity contribution in [2.75, 3.05) is 26.0 Å². The molecule has 10 heteroatoms. The minimum absolute atomic E-state index is 0.0200. The Labute approximate surface area is 160 Å². The number of carbonyl (C=O) groups excluding carboxylic acids is 1. The van der Waals surface area contributed by atoms with Crippen molar-refractivity contribution in [1.29, 1.82) is 0 Å². The smallest absolute Gasteiger partial charge is 0.492 e. The van der Waals surface area contributed by atoms with Gasteiger partial charge in [-0.2, -0.15) is 13.2 Å². The van der Waals surface area contributed by atoms with Crippen LogP contribution < -0.4 is 10.1 Å².